The number of aromatic nitrogens is 3. The van der Waals surface area contributed by atoms with E-state index in [-0.39, 0.29) is 0 Å². The van der Waals surface area contributed by atoms with Gasteiger partial charge in [-0.3, -0.25) is 0 Å². The predicted octanol–water partition coefficient (Wildman–Crippen LogP) is 6.36. The van der Waals surface area contributed by atoms with Gasteiger partial charge < -0.3 is 5.32 Å². The normalized spacial score (nSPS) is 11.1. The molecule has 4 nitrogen and oxygen atoms in total. The maximum absolute atomic E-state index is 6.33. The lowest BCUT2D eigenvalue weighted by Gasteiger charge is -2.05. The highest BCUT2D eigenvalue weighted by Crippen LogP contribution is 2.26. The lowest BCUT2D eigenvalue weighted by Crippen LogP contribution is -2.16. The van der Waals surface area contributed by atoms with Gasteiger partial charge in [0.25, 0.3) is 0 Å². The molecule has 0 aliphatic heterocycles. The van der Waals surface area contributed by atoms with Gasteiger partial charge in [0.1, 0.15) is 11.4 Å². The quantitative estimate of drug-likeness (QED) is 0.359. The Labute approximate surface area is 183 Å². The molecular weight excluding hydrogens is 403 g/mol. The van der Waals surface area contributed by atoms with Gasteiger partial charge in [0.05, 0.1) is 6.54 Å². The molecule has 0 fully saturated rings. The summed E-state index contributed by atoms with van der Waals surface area (Å²) in [7, 11) is 0. The molecule has 0 bridgehead atoms. The average molecular weight is 431 g/mol. The van der Waals surface area contributed by atoms with Gasteiger partial charge in [0, 0.05) is 27.7 Å². The van der Waals surface area contributed by atoms with E-state index in [1.165, 1.54) is 32.1 Å². The van der Waals surface area contributed by atoms with E-state index in [4.69, 9.17) is 33.4 Å². The first kappa shape index (κ1) is 21.8. The second kappa shape index (κ2) is 11.3. The topological polar surface area (TPSA) is 42.7 Å². The fraction of sp³-hybridized carbons (Fsp3) is 0.391. The summed E-state index contributed by atoms with van der Waals surface area (Å²) < 4.78 is 0. The number of benzene rings is 2. The molecule has 0 aliphatic rings. The van der Waals surface area contributed by atoms with Crippen LogP contribution in [0.3, 0.4) is 0 Å². The van der Waals surface area contributed by atoms with Gasteiger partial charge in [-0.2, -0.15) is 15.0 Å². The van der Waals surface area contributed by atoms with Crippen molar-refractivity contribution in [3.05, 3.63) is 69.8 Å². The van der Waals surface area contributed by atoms with Crippen LogP contribution < -0.4 is 5.32 Å². The number of rotatable bonds is 11. The lowest BCUT2D eigenvalue weighted by atomic mass is 10.1. The second-order valence-corrected chi connectivity index (χ2v) is 8.00. The molecule has 0 spiro atoms. The van der Waals surface area contributed by atoms with Crippen LogP contribution >= 0.6 is 23.2 Å². The summed E-state index contributed by atoms with van der Waals surface area (Å²) in [6, 6.07) is 15.7. The SMILES string of the molecule is CCCCCCCNCc1nn(Cc2c(Cl)cccc2Cl)nc1-c1ccccc1. The molecule has 6 heteroatoms. The maximum atomic E-state index is 6.33. The molecule has 29 heavy (non-hydrogen) atoms. The number of nitrogens with zero attached hydrogens (tertiary/aromatic N) is 3. The Morgan fingerprint density at radius 2 is 1.59 bits per heavy atom. The van der Waals surface area contributed by atoms with Crippen molar-refractivity contribution in [1.82, 2.24) is 20.3 Å². The van der Waals surface area contributed by atoms with E-state index in [1.807, 2.05) is 36.4 Å². The van der Waals surface area contributed by atoms with E-state index in [1.54, 1.807) is 4.80 Å². The molecule has 1 heterocycles. The molecule has 0 unspecified atom stereocenters. The van der Waals surface area contributed by atoms with Crippen molar-refractivity contribution in [2.75, 3.05) is 6.54 Å². The minimum absolute atomic E-state index is 0.440. The zero-order valence-corrected chi connectivity index (χ0v) is 18.4. The van der Waals surface area contributed by atoms with E-state index in [0.29, 0.717) is 23.1 Å². The molecule has 3 aromatic rings. The van der Waals surface area contributed by atoms with Gasteiger partial charge in [-0.1, -0.05) is 92.2 Å². The Bertz CT molecular complexity index is 873. The van der Waals surface area contributed by atoms with Crippen molar-refractivity contribution in [2.24, 2.45) is 0 Å². The molecule has 3 rings (SSSR count). The Morgan fingerprint density at radius 1 is 0.862 bits per heavy atom. The second-order valence-electron chi connectivity index (χ2n) is 7.18. The van der Waals surface area contributed by atoms with Gasteiger partial charge in [-0.25, -0.2) is 0 Å². The largest absolute Gasteiger partial charge is 0.311 e. The number of halogens is 2. The van der Waals surface area contributed by atoms with Crippen molar-refractivity contribution < 1.29 is 0 Å². The summed E-state index contributed by atoms with van der Waals surface area (Å²) in [6.45, 7) is 4.35. The number of nitrogens with one attached hydrogen (secondary N) is 1. The number of hydrogen-bond acceptors (Lipinski definition) is 3. The van der Waals surface area contributed by atoms with Crippen molar-refractivity contribution >= 4 is 23.2 Å². The third kappa shape index (κ3) is 6.30. The van der Waals surface area contributed by atoms with E-state index in [2.05, 4.69) is 24.4 Å². The number of unbranched alkanes of at least 4 members (excludes halogenated alkanes) is 4. The van der Waals surface area contributed by atoms with E-state index >= 15 is 0 Å². The van der Waals surface area contributed by atoms with E-state index < -0.39 is 0 Å². The lowest BCUT2D eigenvalue weighted by molar-refractivity contribution is 0.561. The van der Waals surface area contributed by atoms with Crippen LogP contribution in [0.5, 0.6) is 0 Å². The van der Waals surface area contributed by atoms with Crippen LogP contribution in [-0.4, -0.2) is 21.5 Å². The fourth-order valence-electron chi connectivity index (χ4n) is 3.28. The smallest absolute Gasteiger partial charge is 0.117 e. The van der Waals surface area contributed by atoms with E-state index in [0.717, 1.165) is 29.1 Å². The Kier molecular flexibility index (Phi) is 8.53. The minimum Gasteiger partial charge on any atom is -0.311 e. The van der Waals surface area contributed by atoms with Crippen LogP contribution in [0.4, 0.5) is 0 Å². The minimum atomic E-state index is 0.440. The van der Waals surface area contributed by atoms with Crippen LogP contribution in [-0.2, 0) is 13.1 Å². The molecule has 0 radical (unpaired) electrons. The van der Waals surface area contributed by atoms with Gasteiger partial charge in [-0.15, -0.1) is 0 Å². The van der Waals surface area contributed by atoms with Crippen molar-refractivity contribution in [3.63, 3.8) is 0 Å². The van der Waals surface area contributed by atoms with Crippen molar-refractivity contribution in [2.45, 2.75) is 52.1 Å². The summed E-state index contributed by atoms with van der Waals surface area (Å²) in [5, 5.41) is 14.3. The van der Waals surface area contributed by atoms with Crippen molar-refractivity contribution in [1.29, 1.82) is 0 Å². The summed E-state index contributed by atoms with van der Waals surface area (Å²) in [6.07, 6.45) is 6.35. The van der Waals surface area contributed by atoms with Crippen LogP contribution in [0.15, 0.2) is 48.5 Å². The molecule has 0 aliphatic carbocycles. The van der Waals surface area contributed by atoms with Crippen molar-refractivity contribution in [3.8, 4) is 11.3 Å². The summed E-state index contributed by atoms with van der Waals surface area (Å²) >= 11 is 12.7. The van der Waals surface area contributed by atoms with Gasteiger partial charge in [-0.05, 0) is 25.1 Å². The highest BCUT2D eigenvalue weighted by molar-refractivity contribution is 6.35. The monoisotopic (exact) mass is 430 g/mol. The van der Waals surface area contributed by atoms with Crippen LogP contribution in [0, 0.1) is 0 Å². The molecule has 1 N–H and O–H groups in total. The Hall–Kier alpha value is -1.88. The summed E-state index contributed by atoms with van der Waals surface area (Å²) in [4.78, 5) is 1.69. The molecule has 0 atom stereocenters. The first-order valence-corrected chi connectivity index (χ1v) is 11.1. The molecular formula is C23H28Cl2N4. The molecule has 1 aromatic heterocycles. The van der Waals surface area contributed by atoms with Gasteiger partial charge in [0.15, 0.2) is 0 Å². The third-order valence-electron chi connectivity index (χ3n) is 4.88. The highest BCUT2D eigenvalue weighted by Gasteiger charge is 2.15. The molecule has 0 saturated heterocycles. The molecule has 2 aromatic carbocycles. The third-order valence-corrected chi connectivity index (χ3v) is 5.59. The molecule has 0 amide bonds. The number of hydrogen-bond donors (Lipinski definition) is 1. The predicted molar refractivity (Wildman–Crippen MR) is 121 cm³/mol. The maximum Gasteiger partial charge on any atom is 0.117 e. The Balaban J connectivity index is 1.72. The highest BCUT2D eigenvalue weighted by atomic mass is 35.5. The van der Waals surface area contributed by atoms with E-state index in [9.17, 15) is 0 Å². The van der Waals surface area contributed by atoms with Crippen LogP contribution in [0.25, 0.3) is 11.3 Å². The molecule has 154 valence electrons. The first-order chi connectivity index (χ1) is 14.2. The standard InChI is InChI=1S/C23H28Cl2N4/c1-2-3-4-5-9-15-26-16-22-23(18-11-7-6-8-12-18)28-29(27-22)17-19-20(24)13-10-14-21(19)25/h6-8,10-14,26H,2-5,9,15-17H2,1H3. The molecule has 0 saturated carbocycles. The zero-order chi connectivity index (χ0) is 20.5. The van der Waals surface area contributed by atoms with Crippen LogP contribution in [0.2, 0.25) is 10.0 Å². The average Bonchev–Trinajstić information content (AvgIpc) is 3.13. The fourth-order valence-corrected chi connectivity index (χ4v) is 3.79. The van der Waals surface area contributed by atoms with Gasteiger partial charge in [0.2, 0.25) is 0 Å². The van der Waals surface area contributed by atoms with Crippen LogP contribution in [0.1, 0.15) is 50.3 Å². The summed E-state index contributed by atoms with van der Waals surface area (Å²) in [5.41, 5.74) is 3.73. The Morgan fingerprint density at radius 3 is 2.31 bits per heavy atom. The first-order valence-electron chi connectivity index (χ1n) is 10.3. The summed E-state index contributed by atoms with van der Waals surface area (Å²) in [5.74, 6) is 0. The zero-order valence-electron chi connectivity index (χ0n) is 16.9. The van der Waals surface area contributed by atoms with Gasteiger partial charge >= 0.3 is 0 Å².